The Kier molecular flexibility index (Phi) is 5.53. The lowest BCUT2D eigenvalue weighted by Gasteiger charge is -2.10. The Balaban J connectivity index is 2.30. The third-order valence-electron chi connectivity index (χ3n) is 2.74. The average molecular weight is 235 g/mol. The molecule has 0 heterocycles. The second-order valence-corrected chi connectivity index (χ2v) is 4.29. The maximum atomic E-state index is 11.4. The normalized spacial score (nSPS) is 12.1. The van der Waals surface area contributed by atoms with E-state index in [1.807, 2.05) is 32.0 Å². The van der Waals surface area contributed by atoms with Gasteiger partial charge < -0.3 is 10.5 Å². The zero-order valence-corrected chi connectivity index (χ0v) is 10.6. The first-order valence-corrected chi connectivity index (χ1v) is 6.14. The van der Waals surface area contributed by atoms with Gasteiger partial charge in [0.1, 0.15) is 0 Å². The predicted octanol–water partition coefficient (Wildman–Crippen LogP) is 2.79. The minimum Gasteiger partial charge on any atom is -0.466 e. The summed E-state index contributed by atoms with van der Waals surface area (Å²) in [5.74, 6) is -0.115. The van der Waals surface area contributed by atoms with E-state index in [9.17, 15) is 4.79 Å². The van der Waals surface area contributed by atoms with Crippen LogP contribution in [0.1, 0.15) is 32.3 Å². The topological polar surface area (TPSA) is 52.3 Å². The van der Waals surface area contributed by atoms with Crippen molar-refractivity contribution >= 4 is 11.7 Å². The van der Waals surface area contributed by atoms with Crippen molar-refractivity contribution in [1.29, 1.82) is 0 Å². The van der Waals surface area contributed by atoms with Gasteiger partial charge in [-0.1, -0.05) is 19.1 Å². The highest BCUT2D eigenvalue weighted by atomic mass is 16.5. The van der Waals surface area contributed by atoms with Gasteiger partial charge in [-0.15, -0.1) is 0 Å². The van der Waals surface area contributed by atoms with E-state index in [2.05, 4.69) is 6.07 Å². The van der Waals surface area contributed by atoms with Crippen LogP contribution in [0.2, 0.25) is 0 Å². The first-order valence-electron chi connectivity index (χ1n) is 6.14. The summed E-state index contributed by atoms with van der Waals surface area (Å²) in [6, 6.07) is 7.88. The number of hydrogen-bond acceptors (Lipinski definition) is 3. The number of esters is 1. The monoisotopic (exact) mass is 235 g/mol. The van der Waals surface area contributed by atoms with Crippen LogP contribution in [-0.2, 0) is 16.0 Å². The van der Waals surface area contributed by atoms with Gasteiger partial charge in [0, 0.05) is 5.69 Å². The summed E-state index contributed by atoms with van der Waals surface area (Å²) >= 11 is 0. The molecule has 1 unspecified atom stereocenters. The molecular weight excluding hydrogens is 214 g/mol. The number of nitrogens with two attached hydrogens (primary N) is 1. The maximum absolute atomic E-state index is 11.4. The Hall–Kier alpha value is -1.51. The Morgan fingerprint density at radius 1 is 1.47 bits per heavy atom. The van der Waals surface area contributed by atoms with E-state index in [1.165, 1.54) is 5.56 Å². The number of carbonyl (C=O) groups excluding carboxylic acids is 1. The summed E-state index contributed by atoms with van der Waals surface area (Å²) in [5.41, 5.74) is 7.72. The molecule has 0 aromatic heterocycles. The molecule has 3 nitrogen and oxygen atoms in total. The van der Waals surface area contributed by atoms with E-state index in [1.54, 1.807) is 0 Å². The average Bonchev–Trinajstić information content (AvgIpc) is 2.29. The molecule has 0 spiro atoms. The summed E-state index contributed by atoms with van der Waals surface area (Å²) in [6.07, 6.45) is 2.78. The minimum atomic E-state index is -0.0972. The first-order chi connectivity index (χ1) is 8.13. The quantitative estimate of drug-likeness (QED) is 0.609. The fraction of sp³-hybridized carbons (Fsp3) is 0.500. The lowest BCUT2D eigenvalue weighted by molar-refractivity contribution is -0.147. The van der Waals surface area contributed by atoms with Crippen molar-refractivity contribution in [2.45, 2.75) is 33.1 Å². The maximum Gasteiger partial charge on any atom is 0.308 e. The SMILES string of the molecule is CCOC(=O)C(C)CCCc1cccc(N)c1. The van der Waals surface area contributed by atoms with E-state index in [4.69, 9.17) is 10.5 Å². The second kappa shape index (κ2) is 6.94. The molecule has 94 valence electrons. The van der Waals surface area contributed by atoms with Crippen molar-refractivity contribution in [2.75, 3.05) is 12.3 Å². The molecular formula is C14H21NO2. The van der Waals surface area contributed by atoms with Gasteiger partial charge in [-0.2, -0.15) is 0 Å². The molecule has 0 aliphatic heterocycles. The van der Waals surface area contributed by atoms with Crippen molar-refractivity contribution < 1.29 is 9.53 Å². The fourth-order valence-electron chi connectivity index (χ4n) is 1.76. The summed E-state index contributed by atoms with van der Waals surface area (Å²) in [7, 11) is 0. The molecule has 2 N–H and O–H groups in total. The van der Waals surface area contributed by atoms with Crippen molar-refractivity contribution in [3.8, 4) is 0 Å². The van der Waals surface area contributed by atoms with E-state index >= 15 is 0 Å². The van der Waals surface area contributed by atoms with Crippen molar-refractivity contribution in [3.63, 3.8) is 0 Å². The van der Waals surface area contributed by atoms with Gasteiger partial charge in [-0.3, -0.25) is 4.79 Å². The number of anilines is 1. The molecule has 1 atom stereocenters. The fourth-order valence-corrected chi connectivity index (χ4v) is 1.76. The van der Waals surface area contributed by atoms with Gasteiger partial charge >= 0.3 is 5.97 Å². The molecule has 0 amide bonds. The minimum absolute atomic E-state index is 0.0176. The Morgan fingerprint density at radius 3 is 2.88 bits per heavy atom. The first kappa shape index (κ1) is 13.6. The van der Waals surface area contributed by atoms with Crippen LogP contribution in [0, 0.1) is 5.92 Å². The zero-order valence-electron chi connectivity index (χ0n) is 10.6. The molecule has 1 aromatic carbocycles. The van der Waals surface area contributed by atoms with Crippen LogP contribution in [0.5, 0.6) is 0 Å². The van der Waals surface area contributed by atoms with Crippen LogP contribution in [0.4, 0.5) is 5.69 Å². The van der Waals surface area contributed by atoms with Crippen LogP contribution >= 0.6 is 0 Å². The summed E-state index contributed by atoms with van der Waals surface area (Å²) in [4.78, 5) is 11.4. The van der Waals surface area contributed by atoms with Gasteiger partial charge in [0.2, 0.25) is 0 Å². The van der Waals surface area contributed by atoms with E-state index in [0.29, 0.717) is 6.61 Å². The Labute approximate surface area is 103 Å². The summed E-state index contributed by atoms with van der Waals surface area (Å²) in [5, 5.41) is 0. The van der Waals surface area contributed by atoms with Crippen LogP contribution < -0.4 is 5.73 Å². The molecule has 0 saturated heterocycles. The Bertz CT molecular complexity index is 363. The molecule has 1 rings (SSSR count). The Morgan fingerprint density at radius 2 is 2.24 bits per heavy atom. The molecule has 0 aliphatic carbocycles. The number of ether oxygens (including phenoxy) is 1. The van der Waals surface area contributed by atoms with Crippen LogP contribution in [0.25, 0.3) is 0 Å². The van der Waals surface area contributed by atoms with Crippen molar-refractivity contribution in [2.24, 2.45) is 5.92 Å². The highest BCUT2D eigenvalue weighted by molar-refractivity contribution is 5.71. The van der Waals surface area contributed by atoms with Gasteiger partial charge in [0.15, 0.2) is 0 Å². The molecule has 3 heteroatoms. The highest BCUT2D eigenvalue weighted by Crippen LogP contribution is 2.13. The molecule has 0 radical (unpaired) electrons. The van der Waals surface area contributed by atoms with Gasteiger partial charge in [-0.25, -0.2) is 0 Å². The third kappa shape index (κ3) is 4.89. The summed E-state index contributed by atoms with van der Waals surface area (Å²) in [6.45, 7) is 4.20. The third-order valence-corrected chi connectivity index (χ3v) is 2.74. The molecule has 0 aliphatic rings. The van der Waals surface area contributed by atoms with Gasteiger partial charge in [-0.05, 0) is 43.9 Å². The van der Waals surface area contributed by atoms with E-state index in [0.717, 1.165) is 24.9 Å². The van der Waals surface area contributed by atoms with Crippen LogP contribution in [0.15, 0.2) is 24.3 Å². The second-order valence-electron chi connectivity index (χ2n) is 4.29. The van der Waals surface area contributed by atoms with Crippen LogP contribution in [-0.4, -0.2) is 12.6 Å². The lowest BCUT2D eigenvalue weighted by atomic mass is 10.0. The smallest absolute Gasteiger partial charge is 0.308 e. The zero-order chi connectivity index (χ0) is 12.7. The van der Waals surface area contributed by atoms with Crippen molar-refractivity contribution in [1.82, 2.24) is 0 Å². The van der Waals surface area contributed by atoms with Gasteiger partial charge in [0.05, 0.1) is 12.5 Å². The van der Waals surface area contributed by atoms with E-state index in [-0.39, 0.29) is 11.9 Å². The summed E-state index contributed by atoms with van der Waals surface area (Å²) < 4.78 is 4.97. The molecule has 0 saturated carbocycles. The molecule has 17 heavy (non-hydrogen) atoms. The number of benzene rings is 1. The number of aryl methyl sites for hydroxylation is 1. The van der Waals surface area contributed by atoms with Crippen LogP contribution in [0.3, 0.4) is 0 Å². The van der Waals surface area contributed by atoms with Gasteiger partial charge in [0.25, 0.3) is 0 Å². The molecule has 0 bridgehead atoms. The number of rotatable bonds is 6. The molecule has 1 aromatic rings. The number of carbonyl (C=O) groups is 1. The van der Waals surface area contributed by atoms with Crippen molar-refractivity contribution in [3.05, 3.63) is 29.8 Å². The number of hydrogen-bond donors (Lipinski definition) is 1. The number of nitrogen functional groups attached to an aromatic ring is 1. The standard InChI is InChI=1S/C14H21NO2/c1-3-17-14(16)11(2)6-4-7-12-8-5-9-13(15)10-12/h5,8-11H,3-4,6-7,15H2,1-2H3. The predicted molar refractivity (Wildman–Crippen MR) is 69.6 cm³/mol. The lowest BCUT2D eigenvalue weighted by Crippen LogP contribution is -2.14. The molecule has 0 fully saturated rings. The van der Waals surface area contributed by atoms with E-state index < -0.39 is 0 Å². The highest BCUT2D eigenvalue weighted by Gasteiger charge is 2.12. The largest absolute Gasteiger partial charge is 0.466 e.